The number of nitro benzene ring substituents is 1. The highest BCUT2D eigenvalue weighted by Gasteiger charge is 2.13. The molecule has 4 aromatic rings. The molecule has 4 rings (SSSR count). The Hall–Kier alpha value is -4.00. The molecule has 0 aliphatic rings. The number of benzene rings is 3. The number of fused-ring (bicyclic) bond motifs is 1. The number of anilines is 1. The predicted octanol–water partition coefficient (Wildman–Crippen LogP) is 4.49. The summed E-state index contributed by atoms with van der Waals surface area (Å²) in [6.45, 7) is 1.92. The first kappa shape index (κ1) is 17.4. The number of amides is 1. The monoisotopic (exact) mass is 372 g/mol. The molecule has 0 spiro atoms. The maximum atomic E-state index is 12.5. The highest BCUT2D eigenvalue weighted by Crippen LogP contribution is 2.24. The number of hydrogen-bond acceptors (Lipinski definition) is 4. The summed E-state index contributed by atoms with van der Waals surface area (Å²) < 4.78 is 2.04. The molecule has 28 heavy (non-hydrogen) atoms. The summed E-state index contributed by atoms with van der Waals surface area (Å²) in [6, 6.07) is 21.0. The van der Waals surface area contributed by atoms with Gasteiger partial charge in [0.2, 0.25) is 0 Å². The van der Waals surface area contributed by atoms with Crippen molar-refractivity contribution in [2.45, 2.75) is 6.92 Å². The van der Waals surface area contributed by atoms with Crippen molar-refractivity contribution in [2.24, 2.45) is 0 Å². The normalized spacial score (nSPS) is 10.8. The quantitative estimate of drug-likeness (QED) is 0.422. The van der Waals surface area contributed by atoms with Crippen LogP contribution in [0.5, 0.6) is 0 Å². The molecule has 0 unspecified atom stereocenters. The predicted molar refractivity (Wildman–Crippen MR) is 107 cm³/mol. The third-order valence-electron chi connectivity index (χ3n) is 4.41. The van der Waals surface area contributed by atoms with Gasteiger partial charge in [0.1, 0.15) is 5.82 Å². The molecular formula is C21H16N4O3. The van der Waals surface area contributed by atoms with Crippen molar-refractivity contribution in [3.8, 4) is 5.69 Å². The van der Waals surface area contributed by atoms with Crippen LogP contribution in [0.25, 0.3) is 16.7 Å². The number of aromatic nitrogens is 2. The SMILES string of the molecule is Cc1nc2cc(NC(=O)c3cccc([N+](=O)[O-])c3)ccc2n1-c1ccccc1. The zero-order valence-corrected chi connectivity index (χ0v) is 15.0. The average molecular weight is 372 g/mol. The van der Waals surface area contributed by atoms with Crippen LogP contribution in [0.2, 0.25) is 0 Å². The van der Waals surface area contributed by atoms with Gasteiger partial charge in [0.15, 0.2) is 0 Å². The first-order valence-electron chi connectivity index (χ1n) is 8.63. The summed E-state index contributed by atoms with van der Waals surface area (Å²) >= 11 is 0. The number of rotatable bonds is 4. The highest BCUT2D eigenvalue weighted by molar-refractivity contribution is 6.05. The van der Waals surface area contributed by atoms with E-state index in [9.17, 15) is 14.9 Å². The van der Waals surface area contributed by atoms with Crippen molar-refractivity contribution in [1.82, 2.24) is 9.55 Å². The number of carbonyl (C=O) groups is 1. The maximum absolute atomic E-state index is 12.5. The Morgan fingerprint density at radius 2 is 1.82 bits per heavy atom. The Balaban J connectivity index is 1.65. The molecule has 0 atom stereocenters. The van der Waals surface area contributed by atoms with E-state index in [4.69, 9.17) is 0 Å². The zero-order valence-electron chi connectivity index (χ0n) is 15.0. The molecule has 7 nitrogen and oxygen atoms in total. The lowest BCUT2D eigenvalue weighted by molar-refractivity contribution is -0.384. The average Bonchev–Trinajstić information content (AvgIpc) is 3.03. The summed E-state index contributed by atoms with van der Waals surface area (Å²) in [5, 5.41) is 13.7. The molecule has 3 aromatic carbocycles. The number of aryl methyl sites for hydroxylation is 1. The van der Waals surface area contributed by atoms with Gasteiger partial charge in [-0.25, -0.2) is 4.98 Å². The smallest absolute Gasteiger partial charge is 0.270 e. The van der Waals surface area contributed by atoms with E-state index in [-0.39, 0.29) is 11.3 Å². The Kier molecular flexibility index (Phi) is 4.33. The topological polar surface area (TPSA) is 90.1 Å². The molecule has 0 aliphatic carbocycles. The third kappa shape index (κ3) is 3.21. The van der Waals surface area contributed by atoms with Gasteiger partial charge in [0.25, 0.3) is 11.6 Å². The van der Waals surface area contributed by atoms with Crippen LogP contribution in [0.3, 0.4) is 0 Å². The van der Waals surface area contributed by atoms with Gasteiger partial charge in [-0.15, -0.1) is 0 Å². The molecule has 0 fully saturated rings. The Bertz CT molecular complexity index is 1200. The largest absolute Gasteiger partial charge is 0.322 e. The molecule has 1 heterocycles. The van der Waals surface area contributed by atoms with Gasteiger partial charge in [-0.1, -0.05) is 24.3 Å². The van der Waals surface area contributed by atoms with Crippen LogP contribution >= 0.6 is 0 Å². The fourth-order valence-electron chi connectivity index (χ4n) is 3.15. The van der Waals surface area contributed by atoms with Gasteiger partial charge in [-0.05, 0) is 43.3 Å². The van der Waals surface area contributed by atoms with Crippen LogP contribution in [0.4, 0.5) is 11.4 Å². The lowest BCUT2D eigenvalue weighted by Gasteiger charge is -2.08. The van der Waals surface area contributed by atoms with E-state index < -0.39 is 10.8 Å². The highest BCUT2D eigenvalue weighted by atomic mass is 16.6. The van der Waals surface area contributed by atoms with Crippen molar-refractivity contribution in [3.63, 3.8) is 0 Å². The van der Waals surface area contributed by atoms with Crippen LogP contribution in [-0.4, -0.2) is 20.4 Å². The molecule has 1 aromatic heterocycles. The minimum Gasteiger partial charge on any atom is -0.322 e. The molecule has 0 radical (unpaired) electrons. The molecule has 1 amide bonds. The number of nitro groups is 1. The lowest BCUT2D eigenvalue weighted by atomic mass is 10.2. The molecule has 0 saturated heterocycles. The fraction of sp³-hybridized carbons (Fsp3) is 0.0476. The van der Waals surface area contributed by atoms with Crippen molar-refractivity contribution in [1.29, 1.82) is 0 Å². The van der Waals surface area contributed by atoms with E-state index in [1.54, 1.807) is 12.1 Å². The first-order valence-corrected chi connectivity index (χ1v) is 8.63. The van der Waals surface area contributed by atoms with Gasteiger partial charge in [-0.2, -0.15) is 0 Å². The van der Waals surface area contributed by atoms with E-state index in [1.165, 1.54) is 24.3 Å². The zero-order chi connectivity index (χ0) is 19.7. The summed E-state index contributed by atoms with van der Waals surface area (Å²) in [7, 11) is 0. The van der Waals surface area contributed by atoms with Crippen LogP contribution in [-0.2, 0) is 0 Å². The number of imidazole rings is 1. The van der Waals surface area contributed by atoms with Gasteiger partial charge >= 0.3 is 0 Å². The van der Waals surface area contributed by atoms with Crippen LogP contribution in [0.15, 0.2) is 72.8 Å². The Morgan fingerprint density at radius 1 is 1.04 bits per heavy atom. The third-order valence-corrected chi connectivity index (χ3v) is 4.41. The first-order chi connectivity index (χ1) is 13.5. The minimum absolute atomic E-state index is 0.125. The molecule has 7 heteroatoms. The fourth-order valence-corrected chi connectivity index (χ4v) is 3.15. The maximum Gasteiger partial charge on any atom is 0.270 e. The van der Waals surface area contributed by atoms with Gasteiger partial charge in [-0.3, -0.25) is 19.5 Å². The van der Waals surface area contributed by atoms with E-state index in [0.29, 0.717) is 5.69 Å². The second kappa shape index (κ2) is 6.96. The number of hydrogen-bond donors (Lipinski definition) is 1. The number of para-hydroxylation sites is 1. The molecule has 0 saturated carbocycles. The number of nitrogens with zero attached hydrogens (tertiary/aromatic N) is 3. The summed E-state index contributed by atoms with van der Waals surface area (Å²) in [6.07, 6.45) is 0. The van der Waals surface area contributed by atoms with E-state index in [0.717, 1.165) is 22.5 Å². The van der Waals surface area contributed by atoms with Crippen molar-refractivity contribution >= 4 is 28.3 Å². The molecule has 0 aliphatic heterocycles. The molecule has 138 valence electrons. The van der Waals surface area contributed by atoms with Gasteiger partial charge < -0.3 is 5.32 Å². The Labute approximate surface area is 160 Å². The Morgan fingerprint density at radius 3 is 2.57 bits per heavy atom. The molecule has 0 bridgehead atoms. The number of carbonyl (C=O) groups excluding carboxylic acids is 1. The second-order valence-electron chi connectivity index (χ2n) is 6.30. The van der Waals surface area contributed by atoms with E-state index in [2.05, 4.69) is 10.3 Å². The van der Waals surface area contributed by atoms with Crippen LogP contribution in [0, 0.1) is 17.0 Å². The van der Waals surface area contributed by atoms with Crippen LogP contribution in [0.1, 0.15) is 16.2 Å². The number of nitrogens with one attached hydrogen (secondary N) is 1. The molecular weight excluding hydrogens is 356 g/mol. The molecule has 1 N–H and O–H groups in total. The minimum atomic E-state index is -0.526. The van der Waals surface area contributed by atoms with Crippen LogP contribution < -0.4 is 5.32 Å². The van der Waals surface area contributed by atoms with E-state index >= 15 is 0 Å². The van der Waals surface area contributed by atoms with Crippen molar-refractivity contribution < 1.29 is 9.72 Å². The lowest BCUT2D eigenvalue weighted by Crippen LogP contribution is -2.12. The van der Waals surface area contributed by atoms with Crippen molar-refractivity contribution in [3.05, 3.63) is 94.3 Å². The van der Waals surface area contributed by atoms with Gasteiger partial charge in [0, 0.05) is 29.1 Å². The van der Waals surface area contributed by atoms with Crippen molar-refractivity contribution in [2.75, 3.05) is 5.32 Å². The van der Waals surface area contributed by atoms with E-state index in [1.807, 2.05) is 47.9 Å². The van der Waals surface area contributed by atoms with Gasteiger partial charge in [0.05, 0.1) is 16.0 Å². The summed E-state index contributed by atoms with van der Waals surface area (Å²) in [4.78, 5) is 27.4. The standard InChI is InChI=1S/C21H16N4O3/c1-14-22-19-13-16(10-11-20(19)24(14)17-7-3-2-4-8-17)23-21(26)15-6-5-9-18(12-15)25(27)28/h2-13H,1H3,(H,23,26). The second-order valence-corrected chi connectivity index (χ2v) is 6.30. The summed E-state index contributed by atoms with van der Waals surface area (Å²) in [5.74, 6) is 0.422. The summed E-state index contributed by atoms with van der Waals surface area (Å²) in [5.41, 5.74) is 3.36. The number of non-ortho nitro benzene ring substituents is 1.